The Labute approximate surface area is 147 Å². The largest absolute Gasteiger partial charge is 0.247 e. The second kappa shape index (κ2) is 12.6. The van der Waals surface area contributed by atoms with Crippen LogP contribution in [0.1, 0.15) is 5.56 Å². The fourth-order valence-electron chi connectivity index (χ4n) is 1.64. The molecule has 0 bridgehead atoms. The molecule has 0 aromatic heterocycles. The summed E-state index contributed by atoms with van der Waals surface area (Å²) in [5.74, 6) is 1.67. The minimum Gasteiger partial charge on any atom is -0.247 e. The number of nitriles is 1. The standard InChI is InChI=1S/C13H9N.C6H10OS2/c14-10-12-8-4-5-9-13(12)11-6-2-1-3-7-11;1-3-5-8-7-9-6-4-2/h1-9H;3-4H,1-2,5-6H2. The molecule has 0 saturated heterocycles. The van der Waals surface area contributed by atoms with Gasteiger partial charge in [-0.1, -0.05) is 60.7 Å². The van der Waals surface area contributed by atoms with Crippen LogP contribution in [0.5, 0.6) is 0 Å². The molecule has 2 aromatic rings. The first-order valence-corrected chi connectivity index (χ1v) is 8.83. The van der Waals surface area contributed by atoms with Crippen molar-refractivity contribution >= 4 is 24.1 Å². The Morgan fingerprint density at radius 2 is 1.48 bits per heavy atom. The van der Waals surface area contributed by atoms with Gasteiger partial charge >= 0.3 is 0 Å². The lowest BCUT2D eigenvalue weighted by Crippen LogP contribution is -1.82. The zero-order chi connectivity index (χ0) is 16.8. The van der Waals surface area contributed by atoms with Gasteiger partial charge < -0.3 is 0 Å². The monoisotopic (exact) mass is 341 g/mol. The Bertz CT molecular complexity index is 625. The molecular formula is C19H19NOS2. The summed E-state index contributed by atoms with van der Waals surface area (Å²) < 4.78 is 5.01. The second-order valence-corrected chi connectivity index (χ2v) is 5.92. The first kappa shape index (κ1) is 19.1. The fourth-order valence-corrected chi connectivity index (χ4v) is 2.54. The minimum atomic E-state index is 0.721. The summed E-state index contributed by atoms with van der Waals surface area (Å²) >= 11 is 2.78. The maximum absolute atomic E-state index is 8.93. The van der Waals surface area contributed by atoms with Gasteiger partial charge in [-0.3, -0.25) is 0 Å². The van der Waals surface area contributed by atoms with Crippen molar-refractivity contribution in [3.63, 3.8) is 0 Å². The van der Waals surface area contributed by atoms with Crippen LogP contribution in [0.15, 0.2) is 79.9 Å². The van der Waals surface area contributed by atoms with E-state index in [1.165, 1.54) is 24.1 Å². The molecule has 0 aliphatic carbocycles. The van der Waals surface area contributed by atoms with E-state index in [4.69, 9.17) is 8.89 Å². The van der Waals surface area contributed by atoms with Crippen LogP contribution in [-0.4, -0.2) is 11.5 Å². The van der Waals surface area contributed by atoms with Gasteiger partial charge in [-0.15, -0.1) is 13.2 Å². The van der Waals surface area contributed by atoms with Gasteiger partial charge in [0.2, 0.25) is 0 Å². The van der Waals surface area contributed by atoms with Crippen LogP contribution >= 0.6 is 24.1 Å². The lowest BCUT2D eigenvalue weighted by Gasteiger charge is -2.02. The summed E-state index contributed by atoms with van der Waals surface area (Å²) in [4.78, 5) is 0. The van der Waals surface area contributed by atoms with E-state index in [9.17, 15) is 0 Å². The first-order valence-electron chi connectivity index (χ1n) is 7.01. The van der Waals surface area contributed by atoms with E-state index >= 15 is 0 Å². The third-order valence-corrected chi connectivity index (χ3v) is 4.11. The van der Waals surface area contributed by atoms with Gasteiger partial charge in [0.15, 0.2) is 0 Å². The zero-order valence-corrected chi connectivity index (χ0v) is 14.5. The van der Waals surface area contributed by atoms with E-state index in [0.717, 1.165) is 28.2 Å². The lowest BCUT2D eigenvalue weighted by atomic mass is 10.0. The summed E-state index contributed by atoms with van der Waals surface area (Å²) in [6.07, 6.45) is 3.61. The Morgan fingerprint density at radius 1 is 0.913 bits per heavy atom. The van der Waals surface area contributed by atoms with E-state index < -0.39 is 0 Å². The van der Waals surface area contributed by atoms with Gasteiger partial charge in [0, 0.05) is 35.6 Å². The Hall–Kier alpha value is -1.93. The number of hydrogen-bond donors (Lipinski definition) is 0. The highest BCUT2D eigenvalue weighted by Gasteiger charge is 2.01. The molecule has 0 saturated carbocycles. The molecule has 0 atom stereocenters. The van der Waals surface area contributed by atoms with Gasteiger partial charge in [-0.05, 0) is 17.2 Å². The quantitative estimate of drug-likeness (QED) is 0.357. The average molecular weight is 342 g/mol. The summed E-state index contributed by atoms with van der Waals surface area (Å²) in [5, 5.41) is 8.93. The summed E-state index contributed by atoms with van der Waals surface area (Å²) in [6.45, 7) is 7.10. The molecule has 2 rings (SSSR count). The van der Waals surface area contributed by atoms with Crippen molar-refractivity contribution < 1.29 is 3.63 Å². The molecule has 0 fully saturated rings. The van der Waals surface area contributed by atoms with Crippen LogP contribution in [0.2, 0.25) is 0 Å². The van der Waals surface area contributed by atoms with E-state index in [1.807, 2.05) is 54.6 Å². The number of rotatable bonds is 7. The highest BCUT2D eigenvalue weighted by Crippen LogP contribution is 2.22. The molecule has 0 heterocycles. The van der Waals surface area contributed by atoms with Crippen molar-refractivity contribution in [3.05, 3.63) is 85.5 Å². The van der Waals surface area contributed by atoms with Gasteiger partial charge in [0.25, 0.3) is 0 Å². The predicted octanol–water partition coefficient (Wildman–Crippen LogP) is 5.90. The Balaban J connectivity index is 0.000000257. The van der Waals surface area contributed by atoms with Crippen LogP contribution in [0.25, 0.3) is 11.1 Å². The van der Waals surface area contributed by atoms with Crippen molar-refractivity contribution in [2.75, 3.05) is 11.5 Å². The number of hydrogen-bond acceptors (Lipinski definition) is 4. The summed E-state index contributed by atoms with van der Waals surface area (Å²) in [7, 11) is 0. The highest BCUT2D eigenvalue weighted by molar-refractivity contribution is 8.08. The molecule has 0 amide bonds. The fraction of sp³-hybridized carbons (Fsp3) is 0.105. The van der Waals surface area contributed by atoms with E-state index in [0.29, 0.717) is 0 Å². The molecule has 2 aromatic carbocycles. The van der Waals surface area contributed by atoms with Crippen LogP contribution in [-0.2, 0) is 3.63 Å². The third-order valence-electron chi connectivity index (χ3n) is 2.60. The molecular weight excluding hydrogens is 322 g/mol. The summed E-state index contributed by atoms with van der Waals surface area (Å²) in [5.41, 5.74) is 2.80. The normalized spacial score (nSPS) is 9.17. The van der Waals surface area contributed by atoms with Gasteiger partial charge in [0.05, 0.1) is 11.6 Å². The minimum absolute atomic E-state index is 0.721. The molecule has 0 N–H and O–H groups in total. The zero-order valence-electron chi connectivity index (χ0n) is 12.9. The van der Waals surface area contributed by atoms with Crippen molar-refractivity contribution in [2.24, 2.45) is 0 Å². The second-order valence-electron chi connectivity index (χ2n) is 4.24. The molecule has 0 unspecified atom stereocenters. The van der Waals surface area contributed by atoms with Crippen LogP contribution < -0.4 is 0 Å². The number of benzene rings is 2. The highest BCUT2D eigenvalue weighted by atomic mass is 32.2. The van der Waals surface area contributed by atoms with Crippen molar-refractivity contribution in [1.82, 2.24) is 0 Å². The van der Waals surface area contributed by atoms with Gasteiger partial charge in [-0.2, -0.15) is 5.26 Å². The van der Waals surface area contributed by atoms with Gasteiger partial charge in [0.1, 0.15) is 0 Å². The molecule has 4 heteroatoms. The van der Waals surface area contributed by atoms with E-state index in [2.05, 4.69) is 19.2 Å². The molecule has 118 valence electrons. The van der Waals surface area contributed by atoms with Crippen LogP contribution in [0, 0.1) is 11.3 Å². The maximum atomic E-state index is 8.93. The van der Waals surface area contributed by atoms with Crippen molar-refractivity contribution in [3.8, 4) is 17.2 Å². The van der Waals surface area contributed by atoms with Crippen LogP contribution in [0.4, 0.5) is 0 Å². The average Bonchev–Trinajstić information content (AvgIpc) is 2.63. The molecule has 0 aliphatic rings. The number of nitrogens with zero attached hydrogens (tertiary/aromatic N) is 1. The lowest BCUT2D eigenvalue weighted by molar-refractivity contribution is 0.763. The Morgan fingerprint density at radius 3 is 2.04 bits per heavy atom. The van der Waals surface area contributed by atoms with E-state index in [1.54, 1.807) is 12.2 Å². The molecule has 0 aliphatic heterocycles. The predicted molar refractivity (Wildman–Crippen MR) is 103 cm³/mol. The molecule has 0 spiro atoms. The smallest absolute Gasteiger partial charge is 0.0998 e. The maximum Gasteiger partial charge on any atom is 0.0998 e. The van der Waals surface area contributed by atoms with Crippen molar-refractivity contribution in [2.45, 2.75) is 0 Å². The van der Waals surface area contributed by atoms with E-state index in [-0.39, 0.29) is 0 Å². The topological polar surface area (TPSA) is 33.0 Å². The summed E-state index contributed by atoms with van der Waals surface area (Å²) in [6, 6.07) is 19.8. The van der Waals surface area contributed by atoms with Crippen LogP contribution in [0.3, 0.4) is 0 Å². The SMILES string of the molecule is C=CCSOSCC=C.N#Cc1ccccc1-c1ccccc1. The molecule has 2 nitrogen and oxygen atoms in total. The Kier molecular flexibility index (Phi) is 10.5. The molecule has 23 heavy (non-hydrogen) atoms. The van der Waals surface area contributed by atoms with Gasteiger partial charge in [-0.25, -0.2) is 3.63 Å². The molecule has 0 radical (unpaired) electrons. The third kappa shape index (κ3) is 7.75. The van der Waals surface area contributed by atoms with Crippen molar-refractivity contribution in [1.29, 1.82) is 5.26 Å². The first-order chi connectivity index (χ1) is 11.3.